The van der Waals surface area contributed by atoms with Crippen LogP contribution in [0, 0.1) is 0 Å². The average molecular weight is 499 g/mol. The molecule has 3 heterocycles. The Kier molecular flexibility index (Phi) is 7.01. The first kappa shape index (κ1) is 21.5. The van der Waals surface area contributed by atoms with E-state index in [9.17, 15) is 4.79 Å². The minimum atomic E-state index is -0.142. The molecule has 0 aliphatic carbocycles. The predicted molar refractivity (Wildman–Crippen MR) is 129 cm³/mol. The fourth-order valence-corrected chi connectivity index (χ4v) is 5.38. The summed E-state index contributed by atoms with van der Waals surface area (Å²) >= 11 is 5.06. The van der Waals surface area contributed by atoms with Crippen molar-refractivity contribution in [3.63, 3.8) is 0 Å². The second-order valence-electron chi connectivity index (χ2n) is 6.98. The van der Waals surface area contributed by atoms with Gasteiger partial charge in [-0.25, -0.2) is 4.98 Å². The fraction of sp³-hybridized carbons (Fsp3) is 0.217. The summed E-state index contributed by atoms with van der Waals surface area (Å²) in [6.45, 7) is 1.29. The molecule has 160 valence electrons. The summed E-state index contributed by atoms with van der Waals surface area (Å²) in [4.78, 5) is 21.9. The van der Waals surface area contributed by atoms with Crippen molar-refractivity contribution in [2.75, 3.05) is 19.7 Å². The third-order valence-electron chi connectivity index (χ3n) is 4.85. The van der Waals surface area contributed by atoms with E-state index in [2.05, 4.69) is 43.3 Å². The Hall–Kier alpha value is -2.68. The van der Waals surface area contributed by atoms with E-state index in [-0.39, 0.29) is 5.91 Å². The highest BCUT2D eigenvalue weighted by Crippen LogP contribution is 2.47. The smallest absolute Gasteiger partial charge is 0.265 e. The topological polar surface area (TPSA) is 93.0 Å². The molecule has 0 spiro atoms. The zero-order valence-corrected chi connectivity index (χ0v) is 19.3. The van der Waals surface area contributed by atoms with Crippen molar-refractivity contribution in [2.24, 2.45) is 5.73 Å². The number of H-pyrrole nitrogens is 1. The number of fused-ring (bicyclic) bond motifs is 1. The van der Waals surface area contributed by atoms with Crippen LogP contribution >= 0.6 is 27.3 Å². The van der Waals surface area contributed by atoms with Gasteiger partial charge in [0.2, 0.25) is 0 Å². The molecule has 4 N–H and O–H groups in total. The SMILES string of the molecule is NCCOc1c(C(=O)NCCCc2ccccc2)sc(-c2ccnc3[nH]ccc23)c1Br. The molecule has 1 aromatic carbocycles. The number of benzene rings is 1. The molecule has 3 aromatic heterocycles. The number of halogens is 1. The third kappa shape index (κ3) is 4.81. The van der Waals surface area contributed by atoms with Gasteiger partial charge in [0.15, 0.2) is 5.75 Å². The largest absolute Gasteiger partial charge is 0.489 e. The molecule has 0 unspecified atom stereocenters. The number of aromatic nitrogens is 2. The number of hydrogen-bond acceptors (Lipinski definition) is 5. The first-order valence-corrected chi connectivity index (χ1v) is 11.7. The van der Waals surface area contributed by atoms with Crippen LogP contribution in [-0.4, -0.2) is 35.6 Å². The maximum absolute atomic E-state index is 13.0. The summed E-state index contributed by atoms with van der Waals surface area (Å²) in [5.41, 5.74) is 8.69. The Morgan fingerprint density at radius 3 is 2.87 bits per heavy atom. The molecule has 6 nitrogen and oxygen atoms in total. The number of nitrogens with zero attached hydrogens (tertiary/aromatic N) is 1. The predicted octanol–water partition coefficient (Wildman–Crippen LogP) is 4.75. The number of carbonyl (C=O) groups is 1. The third-order valence-corrected chi connectivity index (χ3v) is 7.08. The number of aromatic amines is 1. The Balaban J connectivity index is 1.55. The monoisotopic (exact) mass is 498 g/mol. The molecule has 0 radical (unpaired) electrons. The first-order valence-electron chi connectivity index (χ1n) is 10.1. The van der Waals surface area contributed by atoms with Crippen LogP contribution in [0.4, 0.5) is 0 Å². The molecule has 4 rings (SSSR count). The van der Waals surface area contributed by atoms with Crippen molar-refractivity contribution in [1.82, 2.24) is 15.3 Å². The number of pyridine rings is 1. The fourth-order valence-electron chi connectivity index (χ4n) is 3.39. The highest BCUT2D eigenvalue weighted by atomic mass is 79.9. The maximum Gasteiger partial charge on any atom is 0.265 e. The molecular formula is C23H23BrN4O2S. The summed E-state index contributed by atoms with van der Waals surface area (Å²) in [7, 11) is 0. The summed E-state index contributed by atoms with van der Waals surface area (Å²) in [5, 5.41) is 4.02. The van der Waals surface area contributed by atoms with Crippen LogP contribution in [0.2, 0.25) is 0 Å². The molecule has 1 amide bonds. The lowest BCUT2D eigenvalue weighted by atomic mass is 10.1. The van der Waals surface area contributed by atoms with E-state index in [4.69, 9.17) is 10.5 Å². The van der Waals surface area contributed by atoms with Gasteiger partial charge in [-0.2, -0.15) is 0 Å². The van der Waals surface area contributed by atoms with Gasteiger partial charge >= 0.3 is 0 Å². The molecule has 0 bridgehead atoms. The van der Waals surface area contributed by atoms with Gasteiger partial charge in [0.25, 0.3) is 5.91 Å². The molecule has 0 aliphatic rings. The zero-order valence-electron chi connectivity index (χ0n) is 16.9. The van der Waals surface area contributed by atoms with E-state index in [0.29, 0.717) is 30.3 Å². The average Bonchev–Trinajstić information content (AvgIpc) is 3.40. The highest BCUT2D eigenvalue weighted by molar-refractivity contribution is 9.10. The van der Waals surface area contributed by atoms with E-state index in [1.54, 1.807) is 6.20 Å². The normalized spacial score (nSPS) is 11.0. The van der Waals surface area contributed by atoms with Crippen LogP contribution in [0.15, 0.2) is 59.3 Å². The molecule has 31 heavy (non-hydrogen) atoms. The van der Waals surface area contributed by atoms with Gasteiger partial charge in [0.05, 0.1) is 9.35 Å². The standard InChI is InChI=1S/C23H23BrN4O2S/c24-18-19(30-14-10-25)21(23(29)28-11-4-7-15-5-2-1-3-6-15)31-20(18)16-8-12-26-22-17(16)9-13-27-22/h1-3,5-6,8-9,12-13H,4,7,10-11,14,25H2,(H,26,27)(H,28,29). The number of hydrogen-bond donors (Lipinski definition) is 3. The summed E-state index contributed by atoms with van der Waals surface area (Å²) in [6.07, 6.45) is 5.39. The van der Waals surface area contributed by atoms with Crippen LogP contribution in [0.5, 0.6) is 5.75 Å². The van der Waals surface area contributed by atoms with Gasteiger partial charge in [-0.05, 0) is 46.5 Å². The van der Waals surface area contributed by atoms with E-state index >= 15 is 0 Å². The molecule has 4 aromatic rings. The Bertz CT molecular complexity index is 1170. The number of thiophene rings is 1. The van der Waals surface area contributed by atoms with Crippen molar-refractivity contribution in [3.05, 3.63) is 69.8 Å². The number of carbonyl (C=O) groups excluding carboxylic acids is 1. The van der Waals surface area contributed by atoms with Crippen LogP contribution in [0.1, 0.15) is 21.7 Å². The second-order valence-corrected chi connectivity index (χ2v) is 8.80. The van der Waals surface area contributed by atoms with Crippen LogP contribution in [0.3, 0.4) is 0 Å². The lowest BCUT2D eigenvalue weighted by Gasteiger charge is -2.08. The van der Waals surface area contributed by atoms with Gasteiger partial charge in [0.1, 0.15) is 17.1 Å². The quantitative estimate of drug-likeness (QED) is 0.290. The molecular weight excluding hydrogens is 476 g/mol. The summed E-state index contributed by atoms with van der Waals surface area (Å²) in [6, 6.07) is 14.2. The molecule has 0 atom stereocenters. The Morgan fingerprint density at radius 1 is 1.23 bits per heavy atom. The molecule has 0 aliphatic heterocycles. The van der Waals surface area contributed by atoms with E-state index in [0.717, 1.165) is 38.8 Å². The van der Waals surface area contributed by atoms with Gasteiger partial charge < -0.3 is 20.8 Å². The molecule has 0 saturated carbocycles. The van der Waals surface area contributed by atoms with Crippen LogP contribution in [-0.2, 0) is 6.42 Å². The lowest BCUT2D eigenvalue weighted by Crippen LogP contribution is -2.24. The Labute approximate surface area is 193 Å². The second kappa shape index (κ2) is 10.1. The molecule has 0 fully saturated rings. The molecule has 8 heteroatoms. The van der Waals surface area contributed by atoms with Crippen molar-refractivity contribution in [2.45, 2.75) is 12.8 Å². The number of amides is 1. The maximum atomic E-state index is 13.0. The number of nitrogens with two attached hydrogens (primary N) is 1. The highest BCUT2D eigenvalue weighted by Gasteiger charge is 2.25. The van der Waals surface area contributed by atoms with Gasteiger partial charge in [0, 0.05) is 36.4 Å². The van der Waals surface area contributed by atoms with Crippen molar-refractivity contribution >= 4 is 44.2 Å². The summed E-state index contributed by atoms with van der Waals surface area (Å²) in [5.74, 6) is 0.392. The minimum absolute atomic E-state index is 0.142. The van der Waals surface area contributed by atoms with Crippen molar-refractivity contribution in [3.8, 4) is 16.2 Å². The number of ether oxygens (including phenoxy) is 1. The van der Waals surface area contributed by atoms with Crippen molar-refractivity contribution < 1.29 is 9.53 Å². The lowest BCUT2D eigenvalue weighted by molar-refractivity contribution is 0.0953. The zero-order chi connectivity index (χ0) is 21.6. The van der Waals surface area contributed by atoms with Crippen molar-refractivity contribution in [1.29, 1.82) is 0 Å². The van der Waals surface area contributed by atoms with Crippen LogP contribution < -0.4 is 15.8 Å². The molecule has 0 saturated heterocycles. The van der Waals surface area contributed by atoms with Crippen LogP contribution in [0.25, 0.3) is 21.5 Å². The van der Waals surface area contributed by atoms with Gasteiger partial charge in [-0.15, -0.1) is 11.3 Å². The number of rotatable bonds is 9. The van der Waals surface area contributed by atoms with E-state index in [1.807, 2.05) is 36.5 Å². The van der Waals surface area contributed by atoms with Gasteiger partial charge in [-0.3, -0.25) is 4.79 Å². The van der Waals surface area contributed by atoms with E-state index in [1.165, 1.54) is 16.9 Å². The summed E-state index contributed by atoms with van der Waals surface area (Å²) < 4.78 is 6.62. The first-order chi connectivity index (χ1) is 15.2. The Morgan fingerprint density at radius 2 is 2.06 bits per heavy atom. The van der Waals surface area contributed by atoms with E-state index < -0.39 is 0 Å². The van der Waals surface area contributed by atoms with Gasteiger partial charge in [-0.1, -0.05) is 30.3 Å². The number of aryl methyl sites for hydroxylation is 1. The minimum Gasteiger partial charge on any atom is -0.489 e. The number of nitrogens with one attached hydrogen (secondary N) is 2.